The van der Waals surface area contributed by atoms with Crippen molar-refractivity contribution in [3.63, 3.8) is 0 Å². The summed E-state index contributed by atoms with van der Waals surface area (Å²) in [5.74, 6) is 1.27. The fraction of sp³-hybridized carbons (Fsp3) is 0.409. The van der Waals surface area contributed by atoms with Gasteiger partial charge in [-0.1, -0.05) is 58.9 Å². The number of carbonyl (C=O) groups excluding carboxylic acids is 1. The maximum Gasteiger partial charge on any atom is 0.251 e. The van der Waals surface area contributed by atoms with Crippen molar-refractivity contribution < 1.29 is 9.53 Å². The van der Waals surface area contributed by atoms with Crippen LogP contribution < -0.4 is 10.1 Å². The molecule has 0 spiro atoms. The van der Waals surface area contributed by atoms with Gasteiger partial charge in [-0.2, -0.15) is 0 Å². The summed E-state index contributed by atoms with van der Waals surface area (Å²) < 4.78 is 5.84. The molecule has 3 nitrogen and oxygen atoms in total. The number of hydrogen-bond acceptors (Lipinski definition) is 2. The Morgan fingerprint density at radius 1 is 1.00 bits per heavy atom. The van der Waals surface area contributed by atoms with E-state index in [0.29, 0.717) is 24.6 Å². The maximum absolute atomic E-state index is 12.0. The van der Waals surface area contributed by atoms with Crippen molar-refractivity contribution in [3.05, 3.63) is 65.2 Å². The molecule has 0 radical (unpaired) electrons. The standard InChI is InChI=1S/C22H29NO2/c1-16(2)14-23-21(24)18-8-6-17(7-9-18)15-25-20-12-10-19(11-13-20)22(3,4)5/h6-13,16H,14-15H2,1-5H3,(H,23,24). The van der Waals surface area contributed by atoms with Gasteiger partial charge in [0.05, 0.1) is 0 Å². The SMILES string of the molecule is CC(C)CNC(=O)c1ccc(COc2ccc(C(C)(C)C)cc2)cc1. The van der Waals surface area contributed by atoms with Crippen molar-refractivity contribution in [2.24, 2.45) is 5.92 Å². The molecule has 0 aliphatic carbocycles. The van der Waals surface area contributed by atoms with Crippen LogP contribution in [0.2, 0.25) is 0 Å². The summed E-state index contributed by atoms with van der Waals surface area (Å²) in [5, 5.41) is 2.92. The van der Waals surface area contributed by atoms with E-state index in [4.69, 9.17) is 4.74 Å². The van der Waals surface area contributed by atoms with E-state index in [1.165, 1.54) is 5.56 Å². The van der Waals surface area contributed by atoms with Crippen LogP contribution in [0, 0.1) is 5.92 Å². The van der Waals surface area contributed by atoms with Crippen LogP contribution >= 0.6 is 0 Å². The van der Waals surface area contributed by atoms with Crippen LogP contribution in [0.1, 0.15) is 56.1 Å². The predicted molar refractivity (Wildman–Crippen MR) is 103 cm³/mol. The minimum Gasteiger partial charge on any atom is -0.489 e. The Kier molecular flexibility index (Phi) is 6.24. The van der Waals surface area contributed by atoms with Gasteiger partial charge >= 0.3 is 0 Å². The van der Waals surface area contributed by atoms with E-state index < -0.39 is 0 Å². The molecular weight excluding hydrogens is 310 g/mol. The number of rotatable bonds is 6. The fourth-order valence-electron chi connectivity index (χ4n) is 2.37. The van der Waals surface area contributed by atoms with Gasteiger partial charge in [-0.3, -0.25) is 4.79 Å². The van der Waals surface area contributed by atoms with Gasteiger partial charge in [0.15, 0.2) is 0 Å². The molecule has 25 heavy (non-hydrogen) atoms. The summed E-state index contributed by atoms with van der Waals surface area (Å²) in [6.45, 7) is 11.9. The van der Waals surface area contributed by atoms with E-state index in [0.717, 1.165) is 11.3 Å². The smallest absolute Gasteiger partial charge is 0.251 e. The molecule has 0 bridgehead atoms. The van der Waals surface area contributed by atoms with Gasteiger partial charge in [-0.05, 0) is 46.7 Å². The van der Waals surface area contributed by atoms with Crippen molar-refractivity contribution in [1.82, 2.24) is 5.32 Å². The largest absolute Gasteiger partial charge is 0.489 e. The molecule has 0 saturated carbocycles. The van der Waals surface area contributed by atoms with Crippen LogP contribution in [-0.2, 0) is 12.0 Å². The van der Waals surface area contributed by atoms with Crippen LogP contribution in [0.5, 0.6) is 5.75 Å². The second-order valence-corrected chi connectivity index (χ2v) is 7.86. The van der Waals surface area contributed by atoms with Crippen molar-refractivity contribution in [3.8, 4) is 5.75 Å². The highest BCUT2D eigenvalue weighted by atomic mass is 16.5. The molecule has 134 valence electrons. The molecular formula is C22H29NO2. The molecule has 0 saturated heterocycles. The lowest BCUT2D eigenvalue weighted by molar-refractivity contribution is 0.0949. The summed E-state index contributed by atoms with van der Waals surface area (Å²) >= 11 is 0. The third-order valence-electron chi connectivity index (χ3n) is 4.01. The molecule has 2 aromatic carbocycles. The Bertz CT molecular complexity index is 679. The molecule has 1 amide bonds. The van der Waals surface area contributed by atoms with Crippen molar-refractivity contribution >= 4 is 5.91 Å². The predicted octanol–water partition coefficient (Wildman–Crippen LogP) is 4.95. The first-order chi connectivity index (χ1) is 11.8. The topological polar surface area (TPSA) is 38.3 Å². The molecule has 0 aliphatic heterocycles. The Morgan fingerprint density at radius 3 is 2.12 bits per heavy atom. The van der Waals surface area contributed by atoms with Gasteiger partial charge < -0.3 is 10.1 Å². The third-order valence-corrected chi connectivity index (χ3v) is 4.01. The normalized spacial score (nSPS) is 11.4. The number of nitrogens with one attached hydrogen (secondary N) is 1. The van der Waals surface area contributed by atoms with E-state index in [1.54, 1.807) is 0 Å². The molecule has 0 aromatic heterocycles. The highest BCUT2D eigenvalue weighted by Crippen LogP contribution is 2.24. The quantitative estimate of drug-likeness (QED) is 0.809. The van der Waals surface area contributed by atoms with Crippen LogP contribution in [0.4, 0.5) is 0 Å². The van der Waals surface area contributed by atoms with Crippen LogP contribution in [-0.4, -0.2) is 12.5 Å². The lowest BCUT2D eigenvalue weighted by Crippen LogP contribution is -2.27. The summed E-state index contributed by atoms with van der Waals surface area (Å²) in [6, 6.07) is 15.8. The van der Waals surface area contributed by atoms with E-state index >= 15 is 0 Å². The lowest BCUT2D eigenvalue weighted by atomic mass is 9.87. The van der Waals surface area contributed by atoms with Gasteiger partial charge in [-0.15, -0.1) is 0 Å². The van der Waals surface area contributed by atoms with Gasteiger partial charge in [0.1, 0.15) is 12.4 Å². The molecule has 1 N–H and O–H groups in total. The van der Waals surface area contributed by atoms with Gasteiger partial charge in [-0.25, -0.2) is 0 Å². The molecule has 0 unspecified atom stereocenters. The Balaban J connectivity index is 1.90. The number of ether oxygens (including phenoxy) is 1. The maximum atomic E-state index is 12.0. The molecule has 0 fully saturated rings. The van der Waals surface area contributed by atoms with E-state index in [2.05, 4.69) is 52.1 Å². The zero-order valence-electron chi connectivity index (χ0n) is 15.9. The first-order valence-corrected chi connectivity index (χ1v) is 8.86. The van der Waals surface area contributed by atoms with Gasteiger partial charge in [0.2, 0.25) is 0 Å². The molecule has 2 aromatic rings. The second-order valence-electron chi connectivity index (χ2n) is 7.86. The number of amides is 1. The van der Waals surface area contributed by atoms with Crippen molar-refractivity contribution in [2.75, 3.05) is 6.54 Å². The van der Waals surface area contributed by atoms with E-state index in [1.807, 2.05) is 36.4 Å². The number of hydrogen-bond donors (Lipinski definition) is 1. The van der Waals surface area contributed by atoms with Crippen molar-refractivity contribution in [2.45, 2.75) is 46.6 Å². The number of benzene rings is 2. The molecule has 3 heteroatoms. The fourth-order valence-corrected chi connectivity index (χ4v) is 2.37. The van der Waals surface area contributed by atoms with Crippen LogP contribution in [0.25, 0.3) is 0 Å². The minimum absolute atomic E-state index is 0.0288. The average molecular weight is 339 g/mol. The Hall–Kier alpha value is -2.29. The summed E-state index contributed by atoms with van der Waals surface area (Å²) in [7, 11) is 0. The second kappa shape index (κ2) is 8.19. The van der Waals surface area contributed by atoms with Crippen LogP contribution in [0.3, 0.4) is 0 Å². The van der Waals surface area contributed by atoms with Gasteiger partial charge in [0, 0.05) is 12.1 Å². The summed E-state index contributed by atoms with van der Waals surface area (Å²) in [4.78, 5) is 12.0. The summed E-state index contributed by atoms with van der Waals surface area (Å²) in [6.07, 6.45) is 0. The summed E-state index contributed by atoms with van der Waals surface area (Å²) in [5.41, 5.74) is 3.15. The van der Waals surface area contributed by atoms with Crippen molar-refractivity contribution in [1.29, 1.82) is 0 Å². The zero-order valence-corrected chi connectivity index (χ0v) is 15.9. The Labute approximate surface area is 151 Å². The molecule has 0 heterocycles. The first kappa shape index (κ1) is 19.0. The average Bonchev–Trinajstić information content (AvgIpc) is 2.58. The van der Waals surface area contributed by atoms with E-state index in [-0.39, 0.29) is 11.3 Å². The lowest BCUT2D eigenvalue weighted by Gasteiger charge is -2.19. The third kappa shape index (κ3) is 5.93. The number of carbonyl (C=O) groups is 1. The molecule has 2 rings (SSSR count). The molecule has 0 atom stereocenters. The minimum atomic E-state index is -0.0288. The van der Waals surface area contributed by atoms with Gasteiger partial charge in [0.25, 0.3) is 5.91 Å². The van der Waals surface area contributed by atoms with E-state index in [9.17, 15) is 4.79 Å². The van der Waals surface area contributed by atoms with Crippen LogP contribution in [0.15, 0.2) is 48.5 Å². The molecule has 0 aliphatic rings. The zero-order chi connectivity index (χ0) is 18.4. The monoisotopic (exact) mass is 339 g/mol. The first-order valence-electron chi connectivity index (χ1n) is 8.86. The highest BCUT2D eigenvalue weighted by Gasteiger charge is 2.13. The highest BCUT2D eigenvalue weighted by molar-refractivity contribution is 5.94. The Morgan fingerprint density at radius 2 is 1.60 bits per heavy atom.